The van der Waals surface area contributed by atoms with Crippen LogP contribution in [0.25, 0.3) is 0 Å². The van der Waals surface area contributed by atoms with Crippen molar-refractivity contribution in [2.45, 2.75) is 45.1 Å². The van der Waals surface area contributed by atoms with E-state index < -0.39 is 10.0 Å². The molecule has 0 spiro atoms. The van der Waals surface area contributed by atoms with Crippen molar-refractivity contribution < 1.29 is 13.2 Å². The molecule has 1 aliphatic carbocycles. The molecule has 1 aromatic rings. The van der Waals surface area contributed by atoms with E-state index in [0.717, 1.165) is 18.4 Å². The molecule has 2 N–H and O–H groups in total. The Bertz CT molecular complexity index is 715. The molecule has 2 unspecified atom stereocenters. The third kappa shape index (κ3) is 3.75. The van der Waals surface area contributed by atoms with Crippen molar-refractivity contribution in [3.63, 3.8) is 0 Å². The summed E-state index contributed by atoms with van der Waals surface area (Å²) in [6.07, 6.45) is 5.00. The summed E-state index contributed by atoms with van der Waals surface area (Å²) in [6.45, 7) is 2.48. The van der Waals surface area contributed by atoms with Gasteiger partial charge in [-0.05, 0) is 49.3 Å². The largest absolute Gasteiger partial charge is 0.336 e. The van der Waals surface area contributed by atoms with E-state index in [1.165, 1.54) is 24.0 Å². The lowest BCUT2D eigenvalue weighted by Crippen LogP contribution is -2.30. The van der Waals surface area contributed by atoms with Gasteiger partial charge in [-0.2, -0.15) is 0 Å². The molecular formula is C17H24N2O3S. The molecule has 23 heavy (non-hydrogen) atoms. The van der Waals surface area contributed by atoms with Crippen LogP contribution < -0.4 is 5.14 Å². The molecule has 0 aromatic heterocycles. The van der Waals surface area contributed by atoms with Gasteiger partial charge in [-0.3, -0.25) is 4.79 Å². The van der Waals surface area contributed by atoms with E-state index in [1.54, 1.807) is 4.90 Å². The van der Waals surface area contributed by atoms with E-state index in [1.807, 2.05) is 6.92 Å². The van der Waals surface area contributed by atoms with Crippen LogP contribution in [0.2, 0.25) is 0 Å². The highest BCUT2D eigenvalue weighted by Crippen LogP contribution is 2.31. The fourth-order valence-electron chi connectivity index (χ4n) is 3.82. The van der Waals surface area contributed by atoms with Crippen LogP contribution in [-0.2, 0) is 27.7 Å². The monoisotopic (exact) mass is 336 g/mol. The predicted molar refractivity (Wildman–Crippen MR) is 89.3 cm³/mol. The molecule has 1 fully saturated rings. The Morgan fingerprint density at radius 2 is 1.96 bits per heavy atom. The molecule has 2 aliphatic rings. The number of sulfonamides is 1. The number of nitrogens with zero attached hydrogens (tertiary/aromatic N) is 1. The van der Waals surface area contributed by atoms with E-state index in [4.69, 9.17) is 5.14 Å². The highest BCUT2D eigenvalue weighted by Gasteiger charge is 2.35. The second-order valence-electron chi connectivity index (χ2n) is 6.86. The van der Waals surface area contributed by atoms with Crippen LogP contribution in [0, 0.1) is 5.92 Å². The average Bonchev–Trinajstić information content (AvgIpc) is 2.84. The lowest BCUT2D eigenvalue weighted by atomic mass is 9.89. The molecular weight excluding hydrogens is 312 g/mol. The fraction of sp³-hybridized carbons (Fsp3) is 0.588. The van der Waals surface area contributed by atoms with Crippen molar-refractivity contribution in [2.75, 3.05) is 12.3 Å². The topological polar surface area (TPSA) is 80.5 Å². The summed E-state index contributed by atoms with van der Waals surface area (Å²) < 4.78 is 22.5. The predicted octanol–water partition coefficient (Wildman–Crippen LogP) is 1.76. The van der Waals surface area contributed by atoms with E-state index in [-0.39, 0.29) is 30.0 Å². The zero-order valence-corrected chi connectivity index (χ0v) is 14.3. The Balaban J connectivity index is 1.75. The molecule has 0 bridgehead atoms. The van der Waals surface area contributed by atoms with Gasteiger partial charge in [0.05, 0.1) is 11.8 Å². The Morgan fingerprint density at radius 1 is 1.26 bits per heavy atom. The van der Waals surface area contributed by atoms with Crippen LogP contribution in [0.3, 0.4) is 0 Å². The van der Waals surface area contributed by atoms with Gasteiger partial charge in [0.2, 0.25) is 15.9 Å². The van der Waals surface area contributed by atoms with Crippen molar-refractivity contribution in [1.29, 1.82) is 0 Å². The summed E-state index contributed by atoms with van der Waals surface area (Å²) >= 11 is 0. The summed E-state index contributed by atoms with van der Waals surface area (Å²) in [6, 6.07) is 6.48. The van der Waals surface area contributed by atoms with E-state index in [2.05, 4.69) is 18.2 Å². The molecule has 1 amide bonds. The summed E-state index contributed by atoms with van der Waals surface area (Å²) in [7, 11) is -3.54. The molecule has 1 saturated heterocycles. The fourth-order valence-corrected chi connectivity index (χ4v) is 4.70. The highest BCUT2D eigenvalue weighted by atomic mass is 32.2. The number of hydrogen-bond acceptors (Lipinski definition) is 3. The van der Waals surface area contributed by atoms with Crippen LogP contribution in [0.1, 0.15) is 48.9 Å². The van der Waals surface area contributed by atoms with Crippen LogP contribution in [0.5, 0.6) is 0 Å². The average molecular weight is 336 g/mol. The molecule has 1 aromatic carbocycles. The number of aryl methyl sites for hydroxylation is 2. The first-order chi connectivity index (χ1) is 10.8. The minimum atomic E-state index is -3.54. The number of likely N-dealkylation sites (tertiary alicyclic amines) is 1. The molecule has 1 aliphatic heterocycles. The summed E-state index contributed by atoms with van der Waals surface area (Å²) in [4.78, 5) is 14.1. The van der Waals surface area contributed by atoms with Crippen LogP contribution >= 0.6 is 0 Å². The van der Waals surface area contributed by atoms with Crippen molar-refractivity contribution in [3.8, 4) is 0 Å². The van der Waals surface area contributed by atoms with Gasteiger partial charge in [0.25, 0.3) is 0 Å². The zero-order chi connectivity index (χ0) is 16.6. The third-order valence-electron chi connectivity index (χ3n) is 5.03. The third-order valence-corrected chi connectivity index (χ3v) is 5.97. The normalized spacial score (nSPS) is 23.0. The number of hydrogen-bond donors (Lipinski definition) is 1. The molecule has 6 heteroatoms. The number of rotatable bonds is 4. The molecule has 3 rings (SSSR count). The first-order valence-electron chi connectivity index (χ1n) is 8.25. The van der Waals surface area contributed by atoms with Gasteiger partial charge < -0.3 is 4.90 Å². The quantitative estimate of drug-likeness (QED) is 0.910. The zero-order valence-electron chi connectivity index (χ0n) is 13.5. The molecule has 2 atom stereocenters. The molecule has 5 nitrogen and oxygen atoms in total. The standard InChI is InChI=1S/C17H24N2O3S/c1-12(15-7-6-14-4-2-3-5-16(14)9-15)19-10-13(8-17(19)20)11-23(18,21)22/h6-7,9,12-13H,2-5,8,10-11H2,1H3,(H2,18,21,22). The Labute approximate surface area is 137 Å². The molecule has 0 saturated carbocycles. The van der Waals surface area contributed by atoms with Gasteiger partial charge in [-0.1, -0.05) is 18.2 Å². The lowest BCUT2D eigenvalue weighted by molar-refractivity contribution is -0.129. The number of primary sulfonamides is 1. The molecule has 126 valence electrons. The van der Waals surface area contributed by atoms with Gasteiger partial charge in [0, 0.05) is 18.9 Å². The van der Waals surface area contributed by atoms with Crippen molar-refractivity contribution in [3.05, 3.63) is 34.9 Å². The number of carbonyl (C=O) groups is 1. The van der Waals surface area contributed by atoms with Crippen molar-refractivity contribution in [2.24, 2.45) is 11.1 Å². The van der Waals surface area contributed by atoms with E-state index >= 15 is 0 Å². The van der Waals surface area contributed by atoms with Crippen molar-refractivity contribution >= 4 is 15.9 Å². The van der Waals surface area contributed by atoms with E-state index in [9.17, 15) is 13.2 Å². The Hall–Kier alpha value is -1.40. The maximum absolute atomic E-state index is 12.3. The Morgan fingerprint density at radius 3 is 2.65 bits per heavy atom. The first-order valence-corrected chi connectivity index (χ1v) is 9.96. The van der Waals surface area contributed by atoms with Crippen molar-refractivity contribution in [1.82, 2.24) is 4.90 Å². The molecule has 1 heterocycles. The number of carbonyl (C=O) groups excluding carboxylic acids is 1. The van der Waals surface area contributed by atoms with Gasteiger partial charge in [-0.25, -0.2) is 13.6 Å². The second kappa shape index (κ2) is 6.24. The summed E-state index contributed by atoms with van der Waals surface area (Å²) in [5.74, 6) is -0.298. The van der Waals surface area contributed by atoms with E-state index in [0.29, 0.717) is 6.54 Å². The number of benzene rings is 1. The Kier molecular flexibility index (Phi) is 4.47. The van der Waals surface area contributed by atoms with Gasteiger partial charge in [0.15, 0.2) is 0 Å². The maximum atomic E-state index is 12.3. The van der Waals surface area contributed by atoms with Crippen LogP contribution in [-0.4, -0.2) is 31.5 Å². The second-order valence-corrected chi connectivity index (χ2v) is 8.52. The maximum Gasteiger partial charge on any atom is 0.223 e. The lowest BCUT2D eigenvalue weighted by Gasteiger charge is -2.27. The van der Waals surface area contributed by atoms with Crippen LogP contribution in [0.4, 0.5) is 0 Å². The van der Waals surface area contributed by atoms with Gasteiger partial charge >= 0.3 is 0 Å². The first kappa shape index (κ1) is 16.5. The van der Waals surface area contributed by atoms with Crippen LogP contribution in [0.15, 0.2) is 18.2 Å². The summed E-state index contributed by atoms with van der Waals surface area (Å²) in [5, 5.41) is 5.11. The highest BCUT2D eigenvalue weighted by molar-refractivity contribution is 7.89. The number of nitrogens with two attached hydrogens (primary N) is 1. The number of amides is 1. The number of fused-ring (bicyclic) bond motifs is 1. The summed E-state index contributed by atoms with van der Waals surface area (Å²) in [5.41, 5.74) is 3.95. The smallest absolute Gasteiger partial charge is 0.223 e. The van der Waals surface area contributed by atoms with Gasteiger partial charge in [0.1, 0.15) is 0 Å². The minimum absolute atomic E-state index is 0.0175. The SMILES string of the molecule is CC(c1ccc2c(c1)CCCC2)N1CC(CS(N)(=O)=O)CC1=O. The minimum Gasteiger partial charge on any atom is -0.336 e. The molecule has 0 radical (unpaired) electrons. The van der Waals surface area contributed by atoms with Gasteiger partial charge in [-0.15, -0.1) is 0 Å².